The van der Waals surface area contributed by atoms with E-state index in [1.165, 1.54) is 12.5 Å². The van der Waals surface area contributed by atoms with Crippen LogP contribution in [0.15, 0.2) is 17.6 Å². The van der Waals surface area contributed by atoms with Gasteiger partial charge in [-0.25, -0.2) is 18.1 Å². The standard InChI is InChI=1S/C9H14BrN3O3S/c10-6-9(1-3-16-4-2-9)13-17(14,15)8-5-11-7-12-8/h5,7,13H,1-4,6H2,(H,11,12). The Bertz CT molecular complexity index is 454. The van der Waals surface area contributed by atoms with Crippen LogP contribution in [0.5, 0.6) is 0 Å². The van der Waals surface area contributed by atoms with E-state index in [4.69, 9.17) is 4.74 Å². The molecule has 1 aliphatic heterocycles. The first-order valence-corrected chi connectivity index (χ1v) is 7.85. The van der Waals surface area contributed by atoms with Crippen LogP contribution in [0, 0.1) is 0 Å². The summed E-state index contributed by atoms with van der Waals surface area (Å²) in [6, 6.07) is 0. The second-order valence-corrected chi connectivity index (χ2v) is 6.26. The Morgan fingerprint density at radius 3 is 2.76 bits per heavy atom. The lowest BCUT2D eigenvalue weighted by molar-refractivity contribution is 0.0557. The van der Waals surface area contributed by atoms with E-state index < -0.39 is 15.6 Å². The van der Waals surface area contributed by atoms with E-state index >= 15 is 0 Å². The van der Waals surface area contributed by atoms with Gasteiger partial charge in [0.2, 0.25) is 0 Å². The number of alkyl halides is 1. The number of halogens is 1. The number of rotatable bonds is 4. The number of hydrogen-bond acceptors (Lipinski definition) is 4. The third kappa shape index (κ3) is 2.87. The quantitative estimate of drug-likeness (QED) is 0.796. The Hall–Kier alpha value is -0.440. The van der Waals surface area contributed by atoms with Crippen molar-refractivity contribution < 1.29 is 13.2 Å². The minimum atomic E-state index is -3.54. The number of imidazole rings is 1. The summed E-state index contributed by atoms with van der Waals surface area (Å²) in [5.74, 6) is 0. The molecular formula is C9H14BrN3O3S. The van der Waals surface area contributed by atoms with Crippen LogP contribution >= 0.6 is 15.9 Å². The highest BCUT2D eigenvalue weighted by Crippen LogP contribution is 2.25. The van der Waals surface area contributed by atoms with Crippen LogP contribution in [-0.2, 0) is 14.8 Å². The molecule has 2 N–H and O–H groups in total. The van der Waals surface area contributed by atoms with Crippen LogP contribution in [0.2, 0.25) is 0 Å². The first-order valence-electron chi connectivity index (χ1n) is 5.24. The number of hydrogen-bond donors (Lipinski definition) is 2. The van der Waals surface area contributed by atoms with Gasteiger partial charge in [0.25, 0.3) is 10.0 Å². The molecular weight excluding hydrogens is 310 g/mol. The third-order valence-electron chi connectivity index (χ3n) is 2.82. The number of aromatic nitrogens is 2. The van der Waals surface area contributed by atoms with Crippen molar-refractivity contribution >= 4 is 26.0 Å². The maximum atomic E-state index is 12.1. The Balaban J connectivity index is 2.19. The summed E-state index contributed by atoms with van der Waals surface area (Å²) >= 11 is 3.38. The average molecular weight is 324 g/mol. The zero-order valence-corrected chi connectivity index (χ0v) is 11.6. The summed E-state index contributed by atoms with van der Waals surface area (Å²) < 4.78 is 32.2. The molecule has 0 aliphatic carbocycles. The maximum Gasteiger partial charge on any atom is 0.258 e. The number of sulfonamides is 1. The molecule has 0 atom stereocenters. The van der Waals surface area contributed by atoms with Gasteiger partial charge in [-0.15, -0.1) is 0 Å². The second-order valence-electron chi connectivity index (χ2n) is 4.05. The molecule has 0 saturated carbocycles. The normalized spacial score (nSPS) is 20.3. The molecule has 96 valence electrons. The number of H-pyrrole nitrogens is 1. The molecule has 0 spiro atoms. The van der Waals surface area contributed by atoms with Crippen molar-refractivity contribution in [1.29, 1.82) is 0 Å². The van der Waals surface area contributed by atoms with Gasteiger partial charge >= 0.3 is 0 Å². The summed E-state index contributed by atoms with van der Waals surface area (Å²) in [7, 11) is -3.54. The van der Waals surface area contributed by atoms with Gasteiger partial charge in [-0.3, -0.25) is 0 Å². The molecule has 1 aromatic rings. The molecule has 0 amide bonds. The third-order valence-corrected chi connectivity index (χ3v) is 5.40. The highest BCUT2D eigenvalue weighted by Gasteiger charge is 2.36. The lowest BCUT2D eigenvalue weighted by Gasteiger charge is -2.35. The molecule has 1 aromatic heterocycles. The van der Waals surface area contributed by atoms with E-state index in [-0.39, 0.29) is 5.03 Å². The zero-order valence-electron chi connectivity index (χ0n) is 9.15. The van der Waals surface area contributed by atoms with E-state index in [9.17, 15) is 8.42 Å². The molecule has 2 rings (SSSR count). The average Bonchev–Trinajstić information content (AvgIpc) is 2.84. The van der Waals surface area contributed by atoms with Crippen LogP contribution in [0.4, 0.5) is 0 Å². The molecule has 2 heterocycles. The fraction of sp³-hybridized carbons (Fsp3) is 0.667. The van der Waals surface area contributed by atoms with Gasteiger partial charge < -0.3 is 9.72 Å². The SMILES string of the molecule is O=S(=O)(NC1(CBr)CCOCC1)c1cnc[nH]1. The Labute approximate surface area is 108 Å². The highest BCUT2D eigenvalue weighted by atomic mass is 79.9. The van der Waals surface area contributed by atoms with Crippen molar-refractivity contribution in [3.05, 3.63) is 12.5 Å². The van der Waals surface area contributed by atoms with E-state index in [1.54, 1.807) is 0 Å². The Kier molecular flexibility index (Phi) is 3.86. The molecule has 17 heavy (non-hydrogen) atoms. The van der Waals surface area contributed by atoms with Crippen molar-refractivity contribution in [3.63, 3.8) is 0 Å². The lowest BCUT2D eigenvalue weighted by Crippen LogP contribution is -2.53. The minimum Gasteiger partial charge on any atom is -0.381 e. The van der Waals surface area contributed by atoms with Crippen LogP contribution in [-0.4, -0.2) is 42.5 Å². The van der Waals surface area contributed by atoms with Crippen molar-refractivity contribution in [2.24, 2.45) is 0 Å². The van der Waals surface area contributed by atoms with E-state index in [0.29, 0.717) is 31.4 Å². The summed E-state index contributed by atoms with van der Waals surface area (Å²) in [4.78, 5) is 6.32. The summed E-state index contributed by atoms with van der Waals surface area (Å²) in [6.45, 7) is 1.13. The first kappa shape index (κ1) is 13.0. The van der Waals surface area contributed by atoms with Gasteiger partial charge in [0, 0.05) is 24.1 Å². The number of ether oxygens (including phenoxy) is 1. The molecule has 0 unspecified atom stereocenters. The zero-order chi connectivity index (χ0) is 12.4. The second kappa shape index (κ2) is 5.05. The Morgan fingerprint density at radius 1 is 1.53 bits per heavy atom. The van der Waals surface area contributed by atoms with Crippen molar-refractivity contribution in [1.82, 2.24) is 14.7 Å². The lowest BCUT2D eigenvalue weighted by atomic mass is 9.94. The van der Waals surface area contributed by atoms with Gasteiger partial charge in [0.15, 0.2) is 5.03 Å². The first-order chi connectivity index (χ1) is 8.08. The van der Waals surface area contributed by atoms with Gasteiger partial charge in [-0.2, -0.15) is 0 Å². The van der Waals surface area contributed by atoms with Crippen molar-refractivity contribution in [2.45, 2.75) is 23.4 Å². The fourth-order valence-corrected chi connectivity index (χ4v) is 4.01. The van der Waals surface area contributed by atoms with Gasteiger partial charge in [0.1, 0.15) is 0 Å². The monoisotopic (exact) mass is 323 g/mol. The maximum absolute atomic E-state index is 12.1. The van der Waals surface area contributed by atoms with E-state index in [2.05, 4.69) is 30.6 Å². The predicted molar refractivity (Wildman–Crippen MR) is 65.5 cm³/mol. The van der Waals surface area contributed by atoms with Gasteiger partial charge in [-0.1, -0.05) is 15.9 Å². The van der Waals surface area contributed by atoms with Crippen molar-refractivity contribution in [2.75, 3.05) is 18.5 Å². The summed E-state index contributed by atoms with van der Waals surface area (Å²) in [5.41, 5.74) is -0.470. The molecule has 0 aromatic carbocycles. The highest BCUT2D eigenvalue weighted by molar-refractivity contribution is 9.09. The predicted octanol–water partition coefficient (Wildman–Crippen LogP) is 0.632. The molecule has 0 radical (unpaired) electrons. The van der Waals surface area contributed by atoms with Gasteiger partial charge in [0.05, 0.1) is 12.5 Å². The summed E-state index contributed by atoms with van der Waals surface area (Å²) in [5, 5.41) is 0.654. The van der Waals surface area contributed by atoms with Crippen LogP contribution in [0.3, 0.4) is 0 Å². The van der Waals surface area contributed by atoms with Crippen LogP contribution < -0.4 is 4.72 Å². The van der Waals surface area contributed by atoms with E-state index in [0.717, 1.165) is 0 Å². The topological polar surface area (TPSA) is 84.1 Å². The van der Waals surface area contributed by atoms with E-state index in [1.807, 2.05) is 0 Å². The number of nitrogens with one attached hydrogen (secondary N) is 2. The van der Waals surface area contributed by atoms with Gasteiger partial charge in [-0.05, 0) is 12.8 Å². The van der Waals surface area contributed by atoms with Crippen molar-refractivity contribution in [3.8, 4) is 0 Å². The van der Waals surface area contributed by atoms with Crippen LogP contribution in [0.25, 0.3) is 0 Å². The number of aromatic amines is 1. The fourth-order valence-electron chi connectivity index (χ4n) is 1.76. The smallest absolute Gasteiger partial charge is 0.258 e. The minimum absolute atomic E-state index is 0.0873. The molecule has 1 saturated heterocycles. The molecule has 6 nitrogen and oxygen atoms in total. The number of nitrogens with zero attached hydrogens (tertiary/aromatic N) is 1. The summed E-state index contributed by atoms with van der Waals surface area (Å²) in [6.07, 6.45) is 3.96. The Morgan fingerprint density at radius 2 is 2.24 bits per heavy atom. The molecule has 8 heteroatoms. The van der Waals surface area contributed by atoms with Crippen LogP contribution in [0.1, 0.15) is 12.8 Å². The molecule has 0 bridgehead atoms. The molecule has 1 aliphatic rings. The molecule has 1 fully saturated rings. The largest absolute Gasteiger partial charge is 0.381 e.